The van der Waals surface area contributed by atoms with Crippen LogP contribution in [0.5, 0.6) is 5.75 Å². The highest BCUT2D eigenvalue weighted by atomic mass is 127. The lowest BCUT2D eigenvalue weighted by atomic mass is 10.2. The number of hydrogen-bond acceptors (Lipinski definition) is 3. The van der Waals surface area contributed by atoms with Crippen LogP contribution in [0.15, 0.2) is 36.4 Å². The molecule has 0 radical (unpaired) electrons. The summed E-state index contributed by atoms with van der Waals surface area (Å²) < 4.78 is 20.2. The summed E-state index contributed by atoms with van der Waals surface area (Å²) in [5, 5.41) is 3.17. The van der Waals surface area contributed by atoms with Crippen molar-refractivity contribution < 1.29 is 9.13 Å². The van der Waals surface area contributed by atoms with Gasteiger partial charge >= 0.3 is 0 Å². The first-order valence-corrected chi connectivity index (χ1v) is 7.42. The third kappa shape index (κ3) is 3.75. The summed E-state index contributed by atoms with van der Waals surface area (Å²) in [7, 11) is 0. The smallest absolute Gasteiger partial charge is 0.167 e. The number of ether oxygens (including phenoxy) is 1. The third-order valence-electron chi connectivity index (χ3n) is 2.69. The van der Waals surface area contributed by atoms with Crippen LogP contribution in [0, 0.1) is 9.39 Å². The molecular weight excluding hydrogens is 370 g/mol. The molecule has 5 heteroatoms. The lowest BCUT2D eigenvalue weighted by Crippen LogP contribution is -2.02. The van der Waals surface area contributed by atoms with Crippen molar-refractivity contribution >= 4 is 39.7 Å². The monoisotopic (exact) mass is 386 g/mol. The van der Waals surface area contributed by atoms with Crippen LogP contribution < -0.4 is 15.8 Å². The van der Waals surface area contributed by atoms with E-state index < -0.39 is 5.82 Å². The van der Waals surface area contributed by atoms with Gasteiger partial charge in [-0.1, -0.05) is 6.92 Å². The van der Waals surface area contributed by atoms with E-state index in [1.807, 2.05) is 31.2 Å². The van der Waals surface area contributed by atoms with Crippen molar-refractivity contribution in [1.82, 2.24) is 0 Å². The van der Waals surface area contributed by atoms with Crippen molar-refractivity contribution in [3.8, 4) is 5.75 Å². The molecule has 2 rings (SSSR count). The molecule has 0 heterocycles. The summed E-state index contributed by atoms with van der Waals surface area (Å²) >= 11 is 2.24. The zero-order valence-electron chi connectivity index (χ0n) is 11.1. The summed E-state index contributed by atoms with van der Waals surface area (Å²) in [6.45, 7) is 2.45. The van der Waals surface area contributed by atoms with E-state index in [2.05, 4.69) is 27.9 Å². The lowest BCUT2D eigenvalue weighted by Gasteiger charge is -2.13. The van der Waals surface area contributed by atoms with E-state index in [1.165, 1.54) is 6.07 Å². The average molecular weight is 386 g/mol. The number of rotatable bonds is 5. The Balaban J connectivity index is 2.24. The number of hydrogen-bond donors (Lipinski definition) is 2. The Hall–Kier alpha value is -1.50. The van der Waals surface area contributed by atoms with Crippen LogP contribution in [0.2, 0.25) is 0 Å². The predicted octanol–water partition coefficient (Wildman–Crippen LogP) is 4.54. The van der Waals surface area contributed by atoms with E-state index >= 15 is 0 Å². The Morgan fingerprint density at radius 3 is 2.60 bits per heavy atom. The molecule has 0 spiro atoms. The molecule has 0 aliphatic carbocycles. The molecule has 3 nitrogen and oxygen atoms in total. The number of nitrogens with two attached hydrogens (primary N) is 1. The lowest BCUT2D eigenvalue weighted by molar-refractivity contribution is 0.301. The van der Waals surface area contributed by atoms with E-state index in [-0.39, 0.29) is 5.75 Å². The number of nitrogens with one attached hydrogen (secondary N) is 1. The molecule has 0 aliphatic heterocycles. The molecular formula is C15H16FIN2O. The van der Waals surface area contributed by atoms with Crippen LogP contribution in [-0.4, -0.2) is 6.61 Å². The topological polar surface area (TPSA) is 47.3 Å². The Morgan fingerprint density at radius 2 is 1.95 bits per heavy atom. The molecule has 0 unspecified atom stereocenters. The van der Waals surface area contributed by atoms with Crippen LogP contribution in [-0.2, 0) is 0 Å². The van der Waals surface area contributed by atoms with Crippen molar-refractivity contribution in [3.63, 3.8) is 0 Å². The Bertz CT molecular complexity index is 587. The second kappa shape index (κ2) is 6.78. The summed E-state index contributed by atoms with van der Waals surface area (Å²) in [6.07, 6.45) is 0.823. The normalized spacial score (nSPS) is 10.3. The van der Waals surface area contributed by atoms with Gasteiger partial charge in [0.2, 0.25) is 0 Å². The molecule has 0 saturated heterocycles. The molecule has 0 aliphatic rings. The minimum atomic E-state index is -0.441. The molecule has 20 heavy (non-hydrogen) atoms. The number of benzene rings is 2. The van der Waals surface area contributed by atoms with E-state index in [0.29, 0.717) is 18.0 Å². The first-order chi connectivity index (χ1) is 9.60. The largest absolute Gasteiger partial charge is 0.490 e. The van der Waals surface area contributed by atoms with Gasteiger partial charge in [0.25, 0.3) is 0 Å². The molecule has 2 aromatic rings. The second-order valence-corrected chi connectivity index (χ2v) is 5.60. The second-order valence-electron chi connectivity index (χ2n) is 4.35. The molecule has 0 bridgehead atoms. The first-order valence-electron chi connectivity index (χ1n) is 6.34. The van der Waals surface area contributed by atoms with Gasteiger partial charge in [-0.05, 0) is 53.3 Å². The molecule has 0 saturated carbocycles. The van der Waals surface area contributed by atoms with Crippen molar-refractivity contribution in [3.05, 3.63) is 45.8 Å². The van der Waals surface area contributed by atoms with Gasteiger partial charge < -0.3 is 15.8 Å². The van der Waals surface area contributed by atoms with E-state index in [4.69, 9.17) is 10.5 Å². The van der Waals surface area contributed by atoms with Crippen LogP contribution >= 0.6 is 22.6 Å². The fraction of sp³-hybridized carbons (Fsp3) is 0.200. The molecule has 106 valence electrons. The molecule has 0 atom stereocenters. The predicted molar refractivity (Wildman–Crippen MR) is 89.0 cm³/mol. The molecule has 0 aromatic heterocycles. The molecule has 0 fully saturated rings. The van der Waals surface area contributed by atoms with E-state index in [0.717, 1.165) is 15.7 Å². The Labute approximate surface area is 131 Å². The minimum Gasteiger partial charge on any atom is -0.490 e. The van der Waals surface area contributed by atoms with Crippen LogP contribution in [0.25, 0.3) is 0 Å². The van der Waals surface area contributed by atoms with Gasteiger partial charge in [-0.2, -0.15) is 0 Å². The van der Waals surface area contributed by atoms with Gasteiger partial charge in [0.05, 0.1) is 18.0 Å². The van der Waals surface area contributed by atoms with E-state index in [9.17, 15) is 4.39 Å². The highest BCUT2D eigenvalue weighted by molar-refractivity contribution is 14.1. The maximum absolute atomic E-state index is 13.7. The van der Waals surface area contributed by atoms with Gasteiger partial charge in [-0.3, -0.25) is 0 Å². The highest BCUT2D eigenvalue weighted by Crippen LogP contribution is 2.30. The van der Waals surface area contributed by atoms with Crippen LogP contribution in [0.4, 0.5) is 21.5 Å². The minimum absolute atomic E-state index is 0.217. The summed E-state index contributed by atoms with van der Waals surface area (Å²) in [5.41, 5.74) is 7.72. The van der Waals surface area contributed by atoms with Crippen LogP contribution in [0.3, 0.4) is 0 Å². The maximum Gasteiger partial charge on any atom is 0.167 e. The first kappa shape index (κ1) is 14.9. The van der Waals surface area contributed by atoms with Gasteiger partial charge in [-0.25, -0.2) is 4.39 Å². The van der Waals surface area contributed by atoms with E-state index in [1.54, 1.807) is 6.07 Å². The summed E-state index contributed by atoms with van der Waals surface area (Å²) in [4.78, 5) is 0. The number of anilines is 3. The van der Waals surface area contributed by atoms with Crippen LogP contribution in [0.1, 0.15) is 13.3 Å². The van der Waals surface area contributed by atoms with Crippen molar-refractivity contribution in [2.75, 3.05) is 17.7 Å². The molecule has 0 amide bonds. The van der Waals surface area contributed by atoms with Gasteiger partial charge in [0.15, 0.2) is 11.6 Å². The molecule has 3 N–H and O–H groups in total. The van der Waals surface area contributed by atoms with Crippen molar-refractivity contribution in [1.29, 1.82) is 0 Å². The molecule has 2 aromatic carbocycles. The third-order valence-corrected chi connectivity index (χ3v) is 3.41. The Morgan fingerprint density at radius 1 is 1.25 bits per heavy atom. The highest BCUT2D eigenvalue weighted by Gasteiger charge is 2.09. The Kier molecular flexibility index (Phi) is 5.05. The van der Waals surface area contributed by atoms with Crippen molar-refractivity contribution in [2.24, 2.45) is 0 Å². The quantitative estimate of drug-likeness (QED) is 0.586. The van der Waals surface area contributed by atoms with Gasteiger partial charge in [0, 0.05) is 21.4 Å². The number of nitrogen functional groups attached to an aromatic ring is 1. The average Bonchev–Trinajstić information content (AvgIpc) is 2.43. The number of halogens is 2. The van der Waals surface area contributed by atoms with Gasteiger partial charge in [-0.15, -0.1) is 0 Å². The zero-order chi connectivity index (χ0) is 14.5. The summed E-state index contributed by atoms with van der Waals surface area (Å²) in [5.74, 6) is -0.224. The summed E-state index contributed by atoms with van der Waals surface area (Å²) in [6, 6.07) is 10.7. The fourth-order valence-electron chi connectivity index (χ4n) is 1.69. The fourth-order valence-corrected chi connectivity index (χ4v) is 2.05. The SMILES string of the molecule is CCCOc1cc(Nc2ccc(I)cc2)c(N)cc1F. The zero-order valence-corrected chi connectivity index (χ0v) is 13.3. The maximum atomic E-state index is 13.7. The van der Waals surface area contributed by atoms with Crippen molar-refractivity contribution in [2.45, 2.75) is 13.3 Å². The van der Waals surface area contributed by atoms with Gasteiger partial charge in [0.1, 0.15) is 0 Å². The standard InChI is InChI=1S/C15H16FIN2O/c1-2-7-20-15-9-14(13(18)8-12(15)16)19-11-5-3-10(17)4-6-11/h3-6,8-9,19H,2,7,18H2,1H3.